The van der Waals surface area contributed by atoms with E-state index in [9.17, 15) is 4.79 Å². The molecule has 0 N–H and O–H groups in total. The molecular weight excluding hydrogens is 372 g/mol. The number of benzene rings is 3. The molecule has 0 amide bonds. The molecular formula is C27H28O3. The summed E-state index contributed by atoms with van der Waals surface area (Å²) in [5.74, 6) is 1.50. The van der Waals surface area contributed by atoms with Gasteiger partial charge in [0.25, 0.3) is 0 Å². The molecule has 30 heavy (non-hydrogen) atoms. The normalized spacial score (nSPS) is 11.5. The highest BCUT2D eigenvalue weighted by Gasteiger charge is 2.09. The second kappa shape index (κ2) is 10.4. The Morgan fingerprint density at radius 2 is 1.47 bits per heavy atom. The van der Waals surface area contributed by atoms with Crippen LogP contribution in [0, 0.1) is 5.92 Å². The second-order valence-corrected chi connectivity index (χ2v) is 7.45. The Balaban J connectivity index is 1.61. The summed E-state index contributed by atoms with van der Waals surface area (Å²) >= 11 is 0. The third-order valence-electron chi connectivity index (χ3n) is 5.09. The fraction of sp³-hybridized carbons (Fsp3) is 0.222. The highest BCUT2D eigenvalue weighted by Crippen LogP contribution is 2.24. The van der Waals surface area contributed by atoms with E-state index in [0.29, 0.717) is 29.6 Å². The van der Waals surface area contributed by atoms with Gasteiger partial charge in [-0.1, -0.05) is 69.3 Å². The van der Waals surface area contributed by atoms with Gasteiger partial charge in [-0.2, -0.15) is 0 Å². The van der Waals surface area contributed by atoms with Crippen molar-refractivity contribution < 1.29 is 14.3 Å². The Labute approximate surface area is 179 Å². The van der Waals surface area contributed by atoms with Crippen LogP contribution in [0.2, 0.25) is 0 Å². The van der Waals surface area contributed by atoms with Crippen LogP contribution in [0.15, 0.2) is 85.5 Å². The van der Waals surface area contributed by atoms with Gasteiger partial charge in [0, 0.05) is 0 Å². The van der Waals surface area contributed by atoms with Crippen molar-refractivity contribution in [2.24, 2.45) is 5.92 Å². The van der Waals surface area contributed by atoms with E-state index >= 15 is 0 Å². The minimum atomic E-state index is -0.396. The lowest BCUT2D eigenvalue weighted by atomic mass is 9.97. The standard InChI is InChI=1S/C27H28O3/c1-4-18-29-25-14-12-24(13-15-25)27(28)30-26-16-10-23(11-17-26)22-8-6-21(7-9-22)19-20(3)5-2/h4,6-17,20H,1,5,18-19H2,2-3H3. The molecule has 0 spiro atoms. The van der Waals surface area contributed by atoms with Gasteiger partial charge < -0.3 is 9.47 Å². The summed E-state index contributed by atoms with van der Waals surface area (Å²) in [6, 6.07) is 23.1. The van der Waals surface area contributed by atoms with Crippen molar-refractivity contribution in [3.63, 3.8) is 0 Å². The van der Waals surface area contributed by atoms with E-state index in [-0.39, 0.29) is 0 Å². The first-order valence-electron chi connectivity index (χ1n) is 10.3. The summed E-state index contributed by atoms with van der Waals surface area (Å²) in [4.78, 5) is 12.4. The van der Waals surface area contributed by atoms with E-state index in [1.165, 1.54) is 12.0 Å². The van der Waals surface area contributed by atoms with Crippen molar-refractivity contribution in [2.75, 3.05) is 6.61 Å². The fourth-order valence-electron chi connectivity index (χ4n) is 3.10. The molecule has 0 fully saturated rings. The molecule has 3 nitrogen and oxygen atoms in total. The van der Waals surface area contributed by atoms with Gasteiger partial charge >= 0.3 is 5.97 Å². The molecule has 0 aromatic heterocycles. The minimum absolute atomic E-state index is 0.396. The van der Waals surface area contributed by atoms with Gasteiger partial charge in [0.1, 0.15) is 18.1 Å². The second-order valence-electron chi connectivity index (χ2n) is 7.45. The van der Waals surface area contributed by atoms with Crippen LogP contribution in [-0.2, 0) is 6.42 Å². The Bertz CT molecular complexity index is 954. The third-order valence-corrected chi connectivity index (χ3v) is 5.09. The maximum atomic E-state index is 12.4. The van der Waals surface area contributed by atoms with Gasteiger partial charge in [-0.25, -0.2) is 4.79 Å². The predicted molar refractivity (Wildman–Crippen MR) is 122 cm³/mol. The molecule has 0 aliphatic carbocycles. The van der Waals surface area contributed by atoms with Crippen LogP contribution < -0.4 is 9.47 Å². The van der Waals surface area contributed by atoms with Crippen molar-refractivity contribution in [1.82, 2.24) is 0 Å². The Morgan fingerprint density at radius 1 is 0.900 bits per heavy atom. The highest BCUT2D eigenvalue weighted by molar-refractivity contribution is 5.91. The SMILES string of the molecule is C=CCOc1ccc(C(=O)Oc2ccc(-c3ccc(CC(C)CC)cc3)cc2)cc1. The zero-order chi connectivity index (χ0) is 21.3. The van der Waals surface area contributed by atoms with Gasteiger partial charge in [0.2, 0.25) is 0 Å². The van der Waals surface area contributed by atoms with Crippen LogP contribution in [0.25, 0.3) is 11.1 Å². The van der Waals surface area contributed by atoms with Crippen LogP contribution in [-0.4, -0.2) is 12.6 Å². The average Bonchev–Trinajstić information content (AvgIpc) is 2.79. The molecule has 0 aliphatic rings. The zero-order valence-corrected chi connectivity index (χ0v) is 17.6. The van der Waals surface area contributed by atoms with E-state index in [1.54, 1.807) is 30.3 Å². The Kier molecular flexibility index (Phi) is 7.45. The molecule has 0 radical (unpaired) electrons. The highest BCUT2D eigenvalue weighted by atomic mass is 16.5. The molecule has 0 saturated heterocycles. The first-order valence-corrected chi connectivity index (χ1v) is 10.3. The van der Waals surface area contributed by atoms with Crippen molar-refractivity contribution in [1.29, 1.82) is 0 Å². The first-order chi connectivity index (χ1) is 14.6. The van der Waals surface area contributed by atoms with E-state index in [4.69, 9.17) is 9.47 Å². The van der Waals surface area contributed by atoms with Crippen LogP contribution in [0.5, 0.6) is 11.5 Å². The van der Waals surface area contributed by atoms with E-state index < -0.39 is 5.97 Å². The summed E-state index contributed by atoms with van der Waals surface area (Å²) in [7, 11) is 0. The van der Waals surface area contributed by atoms with Gasteiger partial charge in [-0.15, -0.1) is 0 Å². The lowest BCUT2D eigenvalue weighted by Crippen LogP contribution is -2.08. The maximum Gasteiger partial charge on any atom is 0.343 e. The number of hydrogen-bond acceptors (Lipinski definition) is 3. The molecule has 3 rings (SSSR count). The molecule has 1 unspecified atom stereocenters. The predicted octanol–water partition coefficient (Wildman–Crippen LogP) is 6.73. The number of carbonyl (C=O) groups excluding carboxylic acids is 1. The van der Waals surface area contributed by atoms with Gasteiger partial charge in [-0.3, -0.25) is 0 Å². The van der Waals surface area contributed by atoms with E-state index in [2.05, 4.69) is 44.7 Å². The van der Waals surface area contributed by atoms with E-state index in [0.717, 1.165) is 17.5 Å². The monoisotopic (exact) mass is 400 g/mol. The summed E-state index contributed by atoms with van der Waals surface area (Å²) in [6.45, 7) is 8.54. The lowest BCUT2D eigenvalue weighted by Gasteiger charge is -2.10. The zero-order valence-electron chi connectivity index (χ0n) is 17.6. The maximum absolute atomic E-state index is 12.4. The molecule has 0 bridgehead atoms. The molecule has 0 heterocycles. The molecule has 3 heteroatoms. The average molecular weight is 401 g/mol. The Morgan fingerprint density at radius 3 is 2.03 bits per heavy atom. The third kappa shape index (κ3) is 5.84. The largest absolute Gasteiger partial charge is 0.490 e. The fourth-order valence-corrected chi connectivity index (χ4v) is 3.10. The summed E-state index contributed by atoms with van der Waals surface area (Å²) in [5.41, 5.74) is 4.07. The first kappa shape index (κ1) is 21.4. The summed E-state index contributed by atoms with van der Waals surface area (Å²) < 4.78 is 10.9. The van der Waals surface area contributed by atoms with Crippen LogP contribution >= 0.6 is 0 Å². The van der Waals surface area contributed by atoms with Crippen molar-refractivity contribution in [3.05, 3.63) is 96.6 Å². The Hall–Kier alpha value is -3.33. The van der Waals surface area contributed by atoms with Gasteiger partial charge in [0.05, 0.1) is 5.56 Å². The number of rotatable bonds is 9. The quantitative estimate of drug-likeness (QED) is 0.227. The summed E-state index contributed by atoms with van der Waals surface area (Å²) in [6.07, 6.45) is 3.97. The minimum Gasteiger partial charge on any atom is -0.490 e. The number of hydrogen-bond donors (Lipinski definition) is 0. The smallest absolute Gasteiger partial charge is 0.343 e. The van der Waals surface area contributed by atoms with Crippen LogP contribution in [0.3, 0.4) is 0 Å². The van der Waals surface area contributed by atoms with Gasteiger partial charge in [0.15, 0.2) is 0 Å². The van der Waals surface area contributed by atoms with Gasteiger partial charge in [-0.05, 0) is 65.4 Å². The van der Waals surface area contributed by atoms with Crippen LogP contribution in [0.1, 0.15) is 36.2 Å². The van der Waals surface area contributed by atoms with E-state index in [1.807, 2.05) is 24.3 Å². The number of carbonyl (C=O) groups is 1. The number of ether oxygens (including phenoxy) is 2. The topological polar surface area (TPSA) is 35.5 Å². The molecule has 3 aromatic rings. The lowest BCUT2D eigenvalue weighted by molar-refractivity contribution is 0.0734. The molecule has 0 aliphatic heterocycles. The van der Waals surface area contributed by atoms with Crippen LogP contribution in [0.4, 0.5) is 0 Å². The molecule has 3 aromatic carbocycles. The molecule has 154 valence electrons. The number of esters is 1. The molecule has 1 atom stereocenters. The van der Waals surface area contributed by atoms with Crippen molar-refractivity contribution >= 4 is 5.97 Å². The van der Waals surface area contributed by atoms with Crippen molar-refractivity contribution in [2.45, 2.75) is 26.7 Å². The van der Waals surface area contributed by atoms with Crippen molar-refractivity contribution in [3.8, 4) is 22.6 Å². The summed E-state index contributed by atoms with van der Waals surface area (Å²) in [5, 5.41) is 0. The molecule has 0 saturated carbocycles.